The van der Waals surface area contributed by atoms with E-state index in [1.165, 1.54) is 83.5 Å². The maximum atomic E-state index is 10.5. The number of furan rings is 1. The molecule has 0 fully saturated rings. The summed E-state index contributed by atoms with van der Waals surface area (Å²) in [5.41, 5.74) is 0.921. The molecule has 1 N–H and O–H groups in total. The SMILES string of the molecule is CCCCCCCCCCCCCCCN1C=C(C(O)c2ccco2)N(C)C1. The van der Waals surface area contributed by atoms with Crippen LogP contribution in [0.1, 0.15) is 102 Å². The molecule has 0 aromatic carbocycles. The van der Waals surface area contributed by atoms with Gasteiger partial charge in [-0.05, 0) is 18.6 Å². The summed E-state index contributed by atoms with van der Waals surface area (Å²) in [7, 11) is 2.03. The topological polar surface area (TPSA) is 39.9 Å². The molecule has 2 rings (SSSR count). The molecule has 1 unspecified atom stereocenters. The lowest BCUT2D eigenvalue weighted by molar-refractivity contribution is 0.151. The number of rotatable bonds is 16. The van der Waals surface area contributed by atoms with Crippen LogP contribution in [0.3, 0.4) is 0 Å². The van der Waals surface area contributed by atoms with Crippen LogP contribution in [0.25, 0.3) is 0 Å². The van der Waals surface area contributed by atoms with Crippen LogP contribution in [0, 0.1) is 0 Å². The Hall–Kier alpha value is -1.42. The maximum Gasteiger partial charge on any atom is 0.153 e. The summed E-state index contributed by atoms with van der Waals surface area (Å²) >= 11 is 0. The zero-order valence-corrected chi connectivity index (χ0v) is 18.2. The molecule has 0 bridgehead atoms. The highest BCUT2D eigenvalue weighted by Crippen LogP contribution is 2.28. The highest BCUT2D eigenvalue weighted by atomic mass is 16.4. The Labute approximate surface area is 172 Å². The number of aliphatic hydroxyl groups is 1. The fourth-order valence-corrected chi connectivity index (χ4v) is 4.02. The fourth-order valence-electron chi connectivity index (χ4n) is 4.02. The summed E-state index contributed by atoms with van der Waals surface area (Å²) in [4.78, 5) is 4.41. The smallest absolute Gasteiger partial charge is 0.153 e. The third kappa shape index (κ3) is 8.30. The van der Waals surface area contributed by atoms with Gasteiger partial charge in [-0.3, -0.25) is 0 Å². The Balaban J connectivity index is 1.46. The molecule has 0 aliphatic carbocycles. The van der Waals surface area contributed by atoms with Crippen molar-refractivity contribution in [1.82, 2.24) is 9.80 Å². The second kappa shape index (κ2) is 13.7. The summed E-state index contributed by atoms with van der Waals surface area (Å²) < 4.78 is 5.34. The van der Waals surface area contributed by atoms with Gasteiger partial charge in [0.05, 0.1) is 18.6 Å². The number of hydrogen-bond donors (Lipinski definition) is 1. The first-order chi connectivity index (χ1) is 13.7. The highest BCUT2D eigenvalue weighted by molar-refractivity contribution is 5.19. The van der Waals surface area contributed by atoms with Crippen molar-refractivity contribution in [3.63, 3.8) is 0 Å². The molecule has 0 saturated carbocycles. The van der Waals surface area contributed by atoms with Crippen LogP contribution in [0.5, 0.6) is 0 Å². The molecule has 1 aliphatic rings. The molecule has 1 aromatic heterocycles. The normalized spacial score (nSPS) is 15.3. The van der Waals surface area contributed by atoms with E-state index in [1.54, 1.807) is 6.26 Å². The zero-order valence-electron chi connectivity index (χ0n) is 18.2. The van der Waals surface area contributed by atoms with Crippen LogP contribution >= 0.6 is 0 Å². The van der Waals surface area contributed by atoms with Gasteiger partial charge in [-0.2, -0.15) is 0 Å². The second-order valence-electron chi connectivity index (χ2n) is 8.37. The first-order valence-electron chi connectivity index (χ1n) is 11.6. The van der Waals surface area contributed by atoms with Crippen LogP contribution in [0.15, 0.2) is 34.7 Å². The van der Waals surface area contributed by atoms with Gasteiger partial charge in [0.2, 0.25) is 0 Å². The molecule has 1 aliphatic heterocycles. The third-order valence-corrected chi connectivity index (χ3v) is 5.79. The molecule has 0 radical (unpaired) electrons. The van der Waals surface area contributed by atoms with Crippen molar-refractivity contribution in [2.24, 2.45) is 0 Å². The van der Waals surface area contributed by atoms with Crippen LogP contribution < -0.4 is 0 Å². The van der Waals surface area contributed by atoms with Crippen molar-refractivity contribution < 1.29 is 9.52 Å². The lowest BCUT2D eigenvalue weighted by atomic mass is 10.0. The predicted octanol–water partition coefficient (Wildman–Crippen LogP) is 6.45. The highest BCUT2D eigenvalue weighted by Gasteiger charge is 2.25. The summed E-state index contributed by atoms with van der Waals surface area (Å²) in [6.07, 6.45) is 21.1. The van der Waals surface area contributed by atoms with E-state index in [-0.39, 0.29) is 0 Å². The van der Waals surface area contributed by atoms with Crippen molar-refractivity contribution in [1.29, 1.82) is 0 Å². The molecule has 0 spiro atoms. The van der Waals surface area contributed by atoms with E-state index in [2.05, 4.69) is 22.9 Å². The molecule has 160 valence electrons. The van der Waals surface area contributed by atoms with Crippen LogP contribution in [-0.2, 0) is 0 Å². The van der Waals surface area contributed by atoms with E-state index < -0.39 is 6.10 Å². The molecular formula is C24H42N2O2. The number of likely N-dealkylation sites (N-methyl/N-ethyl adjacent to an activating group) is 1. The van der Waals surface area contributed by atoms with Gasteiger partial charge in [0.15, 0.2) is 6.10 Å². The summed E-state index contributed by atoms with van der Waals surface area (Å²) in [6, 6.07) is 3.65. The molecule has 0 saturated heterocycles. The molecule has 4 nitrogen and oxygen atoms in total. The summed E-state index contributed by atoms with van der Waals surface area (Å²) in [5.74, 6) is 0.612. The second-order valence-corrected chi connectivity index (χ2v) is 8.37. The molecule has 4 heteroatoms. The van der Waals surface area contributed by atoms with Crippen LogP contribution in [-0.4, -0.2) is 35.2 Å². The van der Waals surface area contributed by atoms with Crippen molar-refractivity contribution >= 4 is 0 Å². The summed E-state index contributed by atoms with van der Waals surface area (Å²) in [5, 5.41) is 10.5. The fraction of sp³-hybridized carbons (Fsp3) is 0.750. The lowest BCUT2D eigenvalue weighted by Gasteiger charge is -2.20. The number of hydrogen-bond acceptors (Lipinski definition) is 4. The standard InChI is InChI=1S/C24H42N2O2/c1-3-4-5-6-7-8-9-10-11-12-13-14-15-18-26-20-22(25(2)21-26)24(27)23-17-16-19-28-23/h16-17,19-20,24,27H,3-15,18,21H2,1-2H3. The molecule has 1 aromatic rings. The van der Waals surface area contributed by atoms with E-state index >= 15 is 0 Å². The largest absolute Gasteiger partial charge is 0.466 e. The van der Waals surface area contributed by atoms with Gasteiger partial charge >= 0.3 is 0 Å². The first-order valence-corrected chi connectivity index (χ1v) is 11.6. The minimum absolute atomic E-state index is 0.612. The minimum atomic E-state index is -0.670. The minimum Gasteiger partial charge on any atom is -0.466 e. The zero-order chi connectivity index (χ0) is 20.0. The van der Waals surface area contributed by atoms with Crippen molar-refractivity contribution in [2.45, 2.75) is 96.5 Å². The van der Waals surface area contributed by atoms with Gasteiger partial charge in [0, 0.05) is 19.8 Å². The van der Waals surface area contributed by atoms with E-state index in [0.29, 0.717) is 5.76 Å². The molecular weight excluding hydrogens is 348 g/mol. The van der Waals surface area contributed by atoms with E-state index in [4.69, 9.17) is 4.42 Å². The van der Waals surface area contributed by atoms with Crippen molar-refractivity contribution in [2.75, 3.05) is 20.3 Å². The number of aliphatic hydroxyl groups excluding tert-OH is 1. The average molecular weight is 391 g/mol. The van der Waals surface area contributed by atoms with Gasteiger partial charge in [-0.1, -0.05) is 84.0 Å². The Morgan fingerprint density at radius 3 is 2.04 bits per heavy atom. The van der Waals surface area contributed by atoms with E-state index in [9.17, 15) is 5.11 Å². The van der Waals surface area contributed by atoms with Crippen LogP contribution in [0.2, 0.25) is 0 Å². The predicted molar refractivity (Wildman–Crippen MR) is 117 cm³/mol. The van der Waals surface area contributed by atoms with Gasteiger partial charge in [0.1, 0.15) is 5.76 Å². The van der Waals surface area contributed by atoms with E-state index in [1.807, 2.05) is 19.2 Å². The third-order valence-electron chi connectivity index (χ3n) is 5.79. The van der Waals surface area contributed by atoms with Gasteiger partial charge in [-0.15, -0.1) is 0 Å². The lowest BCUT2D eigenvalue weighted by Crippen LogP contribution is -2.25. The Bertz CT molecular complexity index is 527. The Morgan fingerprint density at radius 1 is 0.929 bits per heavy atom. The monoisotopic (exact) mass is 390 g/mol. The van der Waals surface area contributed by atoms with Crippen LogP contribution in [0.4, 0.5) is 0 Å². The van der Waals surface area contributed by atoms with Gasteiger partial charge in [-0.25, -0.2) is 0 Å². The van der Waals surface area contributed by atoms with Gasteiger partial charge < -0.3 is 19.3 Å². The molecule has 2 heterocycles. The maximum absolute atomic E-state index is 10.5. The van der Waals surface area contributed by atoms with Crippen molar-refractivity contribution in [3.8, 4) is 0 Å². The quantitative estimate of drug-likeness (QED) is 0.329. The Morgan fingerprint density at radius 2 is 1.50 bits per heavy atom. The van der Waals surface area contributed by atoms with Crippen molar-refractivity contribution in [3.05, 3.63) is 36.1 Å². The first kappa shape index (κ1) is 22.9. The van der Waals surface area contributed by atoms with Gasteiger partial charge in [0.25, 0.3) is 0 Å². The molecule has 0 amide bonds. The molecule has 28 heavy (non-hydrogen) atoms. The molecule has 1 atom stereocenters. The van der Waals surface area contributed by atoms with E-state index in [0.717, 1.165) is 18.9 Å². The average Bonchev–Trinajstić information content (AvgIpc) is 3.35. The number of nitrogens with zero attached hydrogens (tertiary/aromatic N) is 2. The summed E-state index contributed by atoms with van der Waals surface area (Å²) in [6.45, 7) is 4.20. The number of unbranched alkanes of at least 4 members (excludes halogenated alkanes) is 12. The Kier molecular flexibility index (Phi) is 11.2.